The fraction of sp³-hybridized carbons (Fsp3) is 0.667. The van der Waals surface area contributed by atoms with Crippen molar-refractivity contribution < 1.29 is 15.0 Å². The number of hydrogen-bond donors (Lipinski definition) is 1. The van der Waals surface area contributed by atoms with Crippen LogP contribution >= 0.6 is 0 Å². The molecule has 0 bridgehead atoms. The molecule has 0 saturated carbocycles. The smallest absolute Gasteiger partial charge is 0.547 e. The Balaban J connectivity index is -0.0000000437. The summed E-state index contributed by atoms with van der Waals surface area (Å²) in [6.45, 7) is 1.13. The molecular formula is C3H5Ca2NO5+2. The third-order valence-electron chi connectivity index (χ3n) is 0.341. The quantitative estimate of drug-likeness (QED) is 0.298. The van der Waals surface area contributed by atoms with Crippen LogP contribution in [0.4, 0.5) is 0 Å². The van der Waals surface area contributed by atoms with E-state index in [4.69, 9.17) is 15.2 Å². The van der Waals surface area contributed by atoms with Gasteiger partial charge in [0.2, 0.25) is 0 Å². The normalized spacial score (nSPS) is 8.55. The van der Waals surface area contributed by atoms with Crippen LogP contribution in [0.5, 0.6) is 0 Å². The average molecular weight is 215 g/mol. The Morgan fingerprint density at radius 2 is 1.64 bits per heavy atom. The maximum atomic E-state index is 9.34. The zero-order valence-corrected chi connectivity index (χ0v) is 10.4. The molecule has 11 heavy (non-hydrogen) atoms. The van der Waals surface area contributed by atoms with Crippen molar-refractivity contribution in [1.29, 1.82) is 0 Å². The standard InChI is InChI=1S/C3H6O3.2Ca.HNO2/c1-2(4)3(5)6;;;2-1-3/h2,4H,1H3,(H,5,6);;;(H,2,3)/q;2*+2;/p-2. The van der Waals surface area contributed by atoms with E-state index in [-0.39, 0.29) is 75.5 Å². The second-order valence-electron chi connectivity index (χ2n) is 1.07. The maximum Gasteiger partial charge on any atom is 2.00 e. The zero-order chi connectivity index (χ0) is 7.86. The first kappa shape index (κ1) is 22.8. The molecule has 0 amide bonds. The van der Waals surface area contributed by atoms with Gasteiger partial charge in [0.05, 0.1) is 12.1 Å². The Bertz CT molecular complexity index is 97.7. The molecule has 0 heterocycles. The summed E-state index contributed by atoms with van der Waals surface area (Å²) in [5.41, 5.74) is 0. The summed E-state index contributed by atoms with van der Waals surface area (Å²) in [4.78, 5) is 17.3. The van der Waals surface area contributed by atoms with Crippen LogP contribution in [0.3, 0.4) is 0 Å². The van der Waals surface area contributed by atoms with E-state index in [1.54, 1.807) is 0 Å². The first-order valence-corrected chi connectivity index (χ1v) is 1.90. The predicted octanol–water partition coefficient (Wildman–Crippen LogP) is -2.39. The summed E-state index contributed by atoms with van der Waals surface area (Å²) in [5.74, 6) is -1.44. The fourth-order valence-corrected chi connectivity index (χ4v) is 0. The molecule has 0 aromatic heterocycles. The van der Waals surface area contributed by atoms with Crippen molar-refractivity contribution in [1.82, 2.24) is 0 Å². The van der Waals surface area contributed by atoms with E-state index < -0.39 is 12.1 Å². The van der Waals surface area contributed by atoms with Gasteiger partial charge in [-0.2, -0.15) is 0 Å². The number of nitrogens with zero attached hydrogens (tertiary/aromatic N) is 1. The molecule has 1 atom stereocenters. The minimum Gasteiger partial charge on any atom is -0.547 e. The van der Waals surface area contributed by atoms with Crippen LogP contribution in [0.2, 0.25) is 0 Å². The van der Waals surface area contributed by atoms with Crippen LogP contribution in [0, 0.1) is 10.1 Å². The van der Waals surface area contributed by atoms with Gasteiger partial charge >= 0.3 is 75.5 Å². The summed E-state index contributed by atoms with van der Waals surface area (Å²) >= 11 is 0. The van der Waals surface area contributed by atoms with Crippen molar-refractivity contribution in [3.8, 4) is 0 Å². The third kappa shape index (κ3) is 34.7. The van der Waals surface area contributed by atoms with Crippen LogP contribution in [-0.4, -0.2) is 92.7 Å². The first-order valence-electron chi connectivity index (χ1n) is 1.90. The van der Waals surface area contributed by atoms with E-state index in [9.17, 15) is 9.90 Å². The Hall–Kier alpha value is 1.35. The second-order valence-corrected chi connectivity index (χ2v) is 1.07. The van der Waals surface area contributed by atoms with E-state index in [0.717, 1.165) is 12.3 Å². The van der Waals surface area contributed by atoms with Crippen molar-refractivity contribution in [2.45, 2.75) is 13.0 Å². The molecule has 8 heteroatoms. The molecule has 0 spiro atoms. The van der Waals surface area contributed by atoms with Gasteiger partial charge in [0.1, 0.15) is 0 Å². The third-order valence-corrected chi connectivity index (χ3v) is 0.341. The molecular weight excluding hydrogens is 210 g/mol. The van der Waals surface area contributed by atoms with Crippen molar-refractivity contribution in [3.05, 3.63) is 10.1 Å². The van der Waals surface area contributed by atoms with E-state index in [1.165, 1.54) is 0 Å². The Kier molecular flexibility index (Phi) is 36.2. The molecule has 6 nitrogen and oxygen atoms in total. The number of aliphatic carboxylic acids is 1. The monoisotopic (exact) mass is 215 g/mol. The van der Waals surface area contributed by atoms with Crippen LogP contribution in [0.15, 0.2) is 5.34 Å². The molecule has 0 radical (unpaired) electrons. The molecule has 1 unspecified atom stereocenters. The Morgan fingerprint density at radius 3 is 1.64 bits per heavy atom. The molecule has 1 N–H and O–H groups in total. The second kappa shape index (κ2) is 17.4. The number of rotatable bonds is 1. The molecule has 0 saturated heterocycles. The van der Waals surface area contributed by atoms with Gasteiger partial charge in [0.25, 0.3) is 0 Å². The SMILES string of the molecule is CC(O)C(=O)[O-].O=N[O-].[Ca+2].[Ca+2]. The van der Waals surface area contributed by atoms with E-state index in [2.05, 4.69) is 0 Å². The van der Waals surface area contributed by atoms with Gasteiger partial charge in [-0.1, -0.05) is 0 Å². The van der Waals surface area contributed by atoms with E-state index in [0.29, 0.717) is 0 Å². The molecule has 0 aromatic carbocycles. The van der Waals surface area contributed by atoms with Crippen molar-refractivity contribution in [2.24, 2.45) is 5.34 Å². The number of carboxylic acids is 1. The van der Waals surface area contributed by atoms with Crippen molar-refractivity contribution in [3.63, 3.8) is 0 Å². The first-order chi connectivity index (χ1) is 4.06. The minimum atomic E-state index is -1.44. The minimum absolute atomic E-state index is 0. The molecule has 0 aromatic rings. The Morgan fingerprint density at radius 1 is 1.55 bits per heavy atom. The molecule has 0 fully saturated rings. The van der Waals surface area contributed by atoms with Gasteiger partial charge in [-0.05, 0) is 6.92 Å². The van der Waals surface area contributed by atoms with Gasteiger partial charge in [-0.25, -0.2) is 0 Å². The van der Waals surface area contributed by atoms with Crippen molar-refractivity contribution >= 4 is 81.4 Å². The van der Waals surface area contributed by atoms with Gasteiger partial charge in [-0.15, -0.1) is 5.34 Å². The number of carbonyl (C=O) groups excluding carboxylic acids is 1. The van der Waals surface area contributed by atoms with Crippen LogP contribution in [-0.2, 0) is 4.79 Å². The predicted molar refractivity (Wildman–Crippen MR) is 37.4 cm³/mol. The summed E-state index contributed by atoms with van der Waals surface area (Å²) < 4.78 is 0. The van der Waals surface area contributed by atoms with Crippen LogP contribution in [0.25, 0.3) is 0 Å². The van der Waals surface area contributed by atoms with Gasteiger partial charge in [-0.3, -0.25) is 0 Å². The number of aliphatic hydroxyl groups excluding tert-OH is 1. The molecule has 0 aliphatic heterocycles. The summed E-state index contributed by atoms with van der Waals surface area (Å²) in [6, 6.07) is 0. The van der Waals surface area contributed by atoms with Gasteiger partial charge in [0, 0.05) is 0 Å². The van der Waals surface area contributed by atoms with E-state index in [1.807, 2.05) is 0 Å². The number of aliphatic hydroxyl groups is 1. The van der Waals surface area contributed by atoms with Crippen LogP contribution in [0.1, 0.15) is 6.92 Å². The number of carbonyl (C=O) groups is 1. The van der Waals surface area contributed by atoms with Crippen LogP contribution < -0.4 is 5.11 Å². The zero-order valence-electron chi connectivity index (χ0n) is 6.02. The van der Waals surface area contributed by atoms with Gasteiger partial charge < -0.3 is 25.1 Å². The molecule has 0 rings (SSSR count). The number of carboxylic acid groups (broad SMARTS) is 1. The largest absolute Gasteiger partial charge is 2.00 e. The summed E-state index contributed by atoms with van der Waals surface area (Å²) in [6.07, 6.45) is -1.34. The Labute approximate surface area is 123 Å². The molecule has 0 aliphatic rings. The number of hydrogen-bond acceptors (Lipinski definition) is 6. The molecule has 54 valence electrons. The van der Waals surface area contributed by atoms with Crippen molar-refractivity contribution in [2.75, 3.05) is 0 Å². The molecule has 0 aliphatic carbocycles. The average Bonchev–Trinajstić information content (AvgIpc) is 1.68. The summed E-state index contributed by atoms with van der Waals surface area (Å²) in [5, 5.41) is 26.3. The summed E-state index contributed by atoms with van der Waals surface area (Å²) in [7, 11) is 0. The van der Waals surface area contributed by atoms with E-state index >= 15 is 0 Å². The topological polar surface area (TPSA) is 113 Å². The maximum absolute atomic E-state index is 9.34. The van der Waals surface area contributed by atoms with Gasteiger partial charge in [0.15, 0.2) is 0 Å². The fourth-order valence-electron chi connectivity index (χ4n) is 0.